The summed E-state index contributed by atoms with van der Waals surface area (Å²) in [6.45, 7) is 10.5. The van der Waals surface area contributed by atoms with E-state index in [2.05, 4.69) is 10.6 Å². The molecule has 8 nitrogen and oxygen atoms in total. The Morgan fingerprint density at radius 1 is 1.00 bits per heavy atom. The molecule has 0 aliphatic heterocycles. The predicted molar refractivity (Wildman–Crippen MR) is 140 cm³/mol. The van der Waals surface area contributed by atoms with Crippen LogP contribution in [0.15, 0.2) is 54.6 Å². The maximum Gasteiger partial charge on any atom is 0.408 e. The summed E-state index contributed by atoms with van der Waals surface area (Å²) in [5, 5.41) is 15.5. The second-order valence-electron chi connectivity index (χ2n) is 10.2. The Labute approximate surface area is 214 Å². The number of alkyl carbamates (subject to hydrolysis) is 1. The zero-order chi connectivity index (χ0) is 26.9. The number of nitrogens with zero attached hydrogens (tertiary/aromatic N) is 1. The van der Waals surface area contributed by atoms with Crippen molar-refractivity contribution in [3.8, 4) is 0 Å². The minimum atomic E-state index is -1.03. The molecule has 196 valence electrons. The number of aliphatic hydroxyl groups excluding tert-OH is 1. The Kier molecular flexibility index (Phi) is 10.5. The first-order valence-corrected chi connectivity index (χ1v) is 12.2. The molecule has 2 aromatic carbocycles. The molecule has 2 atom stereocenters. The van der Waals surface area contributed by atoms with Gasteiger partial charge in [0.05, 0.1) is 6.61 Å². The average molecular weight is 498 g/mol. The quantitative estimate of drug-likeness (QED) is 0.450. The zero-order valence-corrected chi connectivity index (χ0v) is 22.1. The van der Waals surface area contributed by atoms with Crippen LogP contribution in [0.5, 0.6) is 0 Å². The van der Waals surface area contributed by atoms with Crippen LogP contribution in [-0.4, -0.2) is 52.7 Å². The first-order chi connectivity index (χ1) is 16.9. The smallest absolute Gasteiger partial charge is 0.408 e. The van der Waals surface area contributed by atoms with Gasteiger partial charge in [0.15, 0.2) is 0 Å². The molecule has 2 aromatic rings. The molecule has 3 amide bonds. The van der Waals surface area contributed by atoms with E-state index < -0.39 is 35.6 Å². The highest BCUT2D eigenvalue weighted by Gasteiger charge is 2.36. The van der Waals surface area contributed by atoms with Gasteiger partial charge < -0.3 is 25.4 Å². The molecule has 0 saturated heterocycles. The molecule has 3 N–H and O–H groups in total. The summed E-state index contributed by atoms with van der Waals surface area (Å²) in [6.07, 6.45) is -0.382. The molecule has 0 bridgehead atoms. The molecule has 0 heterocycles. The van der Waals surface area contributed by atoms with Crippen molar-refractivity contribution in [1.82, 2.24) is 10.2 Å². The van der Waals surface area contributed by atoms with Gasteiger partial charge in [0.1, 0.15) is 17.7 Å². The third-order valence-corrected chi connectivity index (χ3v) is 5.40. The molecular formula is C28H39N3O5. The van der Waals surface area contributed by atoms with Crippen LogP contribution in [0.2, 0.25) is 0 Å². The molecule has 2 rings (SSSR count). The Morgan fingerprint density at radius 3 is 2.17 bits per heavy atom. The summed E-state index contributed by atoms with van der Waals surface area (Å²) in [6, 6.07) is 14.3. The fourth-order valence-electron chi connectivity index (χ4n) is 3.84. The Bertz CT molecular complexity index is 1020. The fraction of sp³-hybridized carbons (Fsp3) is 0.464. The van der Waals surface area contributed by atoms with Crippen molar-refractivity contribution in [3.05, 3.63) is 65.7 Å². The maximum absolute atomic E-state index is 13.9. The van der Waals surface area contributed by atoms with Gasteiger partial charge in [0.2, 0.25) is 5.91 Å². The first-order valence-electron chi connectivity index (χ1n) is 12.2. The summed E-state index contributed by atoms with van der Waals surface area (Å²) in [7, 11) is 0. The number of rotatable bonds is 10. The minimum Gasteiger partial charge on any atom is -0.444 e. The number of anilines is 1. The summed E-state index contributed by atoms with van der Waals surface area (Å²) >= 11 is 0. The lowest BCUT2D eigenvalue weighted by Gasteiger charge is -2.34. The molecule has 36 heavy (non-hydrogen) atoms. The number of ether oxygens (including phenoxy) is 1. The lowest BCUT2D eigenvalue weighted by atomic mass is 9.99. The number of para-hydroxylation sites is 1. The van der Waals surface area contributed by atoms with Crippen molar-refractivity contribution < 1.29 is 24.2 Å². The number of benzene rings is 2. The van der Waals surface area contributed by atoms with Crippen LogP contribution in [0.25, 0.3) is 0 Å². The van der Waals surface area contributed by atoms with E-state index in [-0.39, 0.29) is 19.1 Å². The molecule has 0 aliphatic rings. The van der Waals surface area contributed by atoms with Gasteiger partial charge in [-0.15, -0.1) is 0 Å². The maximum atomic E-state index is 13.9. The summed E-state index contributed by atoms with van der Waals surface area (Å²) in [5.41, 5.74) is 1.36. The van der Waals surface area contributed by atoms with Gasteiger partial charge in [0.25, 0.3) is 5.91 Å². The van der Waals surface area contributed by atoms with E-state index in [1.54, 1.807) is 51.1 Å². The van der Waals surface area contributed by atoms with Crippen molar-refractivity contribution in [2.45, 2.75) is 65.6 Å². The highest BCUT2D eigenvalue weighted by atomic mass is 16.6. The zero-order valence-electron chi connectivity index (χ0n) is 22.1. The van der Waals surface area contributed by atoms with E-state index in [9.17, 15) is 19.5 Å². The average Bonchev–Trinajstić information content (AvgIpc) is 2.78. The lowest BCUT2D eigenvalue weighted by molar-refractivity contribution is -0.141. The van der Waals surface area contributed by atoms with Gasteiger partial charge in [-0.05, 0) is 57.2 Å². The first kappa shape index (κ1) is 28.8. The Morgan fingerprint density at radius 2 is 1.61 bits per heavy atom. The van der Waals surface area contributed by atoms with Gasteiger partial charge in [-0.3, -0.25) is 9.59 Å². The monoisotopic (exact) mass is 497 g/mol. The highest BCUT2D eigenvalue weighted by Crippen LogP contribution is 2.26. The van der Waals surface area contributed by atoms with E-state index in [0.717, 1.165) is 5.56 Å². The van der Waals surface area contributed by atoms with Gasteiger partial charge in [-0.1, -0.05) is 62.4 Å². The largest absolute Gasteiger partial charge is 0.444 e. The SMILES string of the molecule is Cc1ccccc1NC(=O)C(c1ccccc1)N(CCO)C(=O)C(CC(C)C)NC(=O)OC(C)(C)C. The summed E-state index contributed by atoms with van der Waals surface area (Å²) in [5.74, 6) is -0.823. The van der Waals surface area contributed by atoms with Crippen molar-refractivity contribution in [1.29, 1.82) is 0 Å². The lowest BCUT2D eigenvalue weighted by Crippen LogP contribution is -2.53. The number of nitrogens with one attached hydrogen (secondary N) is 2. The number of carbonyl (C=O) groups excluding carboxylic acids is 3. The van der Waals surface area contributed by atoms with E-state index in [4.69, 9.17) is 4.74 Å². The van der Waals surface area contributed by atoms with Crippen LogP contribution in [0.1, 0.15) is 58.2 Å². The third kappa shape index (κ3) is 8.68. The summed E-state index contributed by atoms with van der Waals surface area (Å²) < 4.78 is 5.37. The molecule has 0 spiro atoms. The van der Waals surface area contributed by atoms with Gasteiger partial charge in [-0.25, -0.2) is 4.79 Å². The highest BCUT2D eigenvalue weighted by molar-refractivity contribution is 5.99. The number of aliphatic hydroxyl groups is 1. The van der Waals surface area contributed by atoms with Gasteiger partial charge in [-0.2, -0.15) is 0 Å². The van der Waals surface area contributed by atoms with E-state index in [1.165, 1.54) is 4.90 Å². The Hall–Kier alpha value is -3.39. The number of aryl methyl sites for hydroxylation is 1. The molecule has 0 aromatic heterocycles. The van der Waals surface area contributed by atoms with Crippen LogP contribution >= 0.6 is 0 Å². The van der Waals surface area contributed by atoms with Crippen LogP contribution in [-0.2, 0) is 14.3 Å². The normalized spacial score (nSPS) is 13.0. The van der Waals surface area contributed by atoms with E-state index in [0.29, 0.717) is 17.7 Å². The second-order valence-corrected chi connectivity index (χ2v) is 10.2. The molecular weight excluding hydrogens is 458 g/mol. The number of hydrogen-bond acceptors (Lipinski definition) is 5. The Balaban J connectivity index is 2.45. The number of hydrogen-bond donors (Lipinski definition) is 3. The van der Waals surface area contributed by atoms with E-state index in [1.807, 2.05) is 45.0 Å². The predicted octanol–water partition coefficient (Wildman–Crippen LogP) is 4.44. The van der Waals surface area contributed by atoms with Gasteiger partial charge in [0, 0.05) is 12.2 Å². The third-order valence-electron chi connectivity index (χ3n) is 5.40. The van der Waals surface area contributed by atoms with Gasteiger partial charge >= 0.3 is 6.09 Å². The van der Waals surface area contributed by atoms with Crippen LogP contribution < -0.4 is 10.6 Å². The van der Waals surface area contributed by atoms with Crippen molar-refractivity contribution >= 4 is 23.6 Å². The van der Waals surface area contributed by atoms with Crippen LogP contribution in [0, 0.1) is 12.8 Å². The number of amides is 3. The topological polar surface area (TPSA) is 108 Å². The molecule has 0 radical (unpaired) electrons. The van der Waals surface area contributed by atoms with Crippen molar-refractivity contribution in [3.63, 3.8) is 0 Å². The summed E-state index contributed by atoms with van der Waals surface area (Å²) in [4.78, 5) is 41.4. The standard InChI is InChI=1S/C28H39N3O5/c1-19(2)18-23(30-27(35)36-28(4,5)6)26(34)31(16-17-32)24(21-13-8-7-9-14-21)25(33)29-22-15-11-10-12-20(22)3/h7-15,19,23-24,32H,16-18H2,1-6H3,(H,29,33)(H,30,35). The second kappa shape index (κ2) is 13.1. The number of carbonyl (C=O) groups is 3. The van der Waals surface area contributed by atoms with Crippen molar-refractivity contribution in [2.75, 3.05) is 18.5 Å². The molecule has 2 unspecified atom stereocenters. The molecule has 0 aliphatic carbocycles. The molecule has 0 saturated carbocycles. The van der Waals surface area contributed by atoms with Crippen molar-refractivity contribution in [2.24, 2.45) is 5.92 Å². The fourth-order valence-corrected chi connectivity index (χ4v) is 3.84. The van der Waals surface area contributed by atoms with E-state index >= 15 is 0 Å². The molecule has 0 fully saturated rings. The minimum absolute atomic E-state index is 0.0702. The van der Waals surface area contributed by atoms with Crippen LogP contribution in [0.4, 0.5) is 10.5 Å². The molecule has 8 heteroatoms. The van der Waals surface area contributed by atoms with Crippen LogP contribution in [0.3, 0.4) is 0 Å².